The molecule has 1 aliphatic carbocycles. The van der Waals surface area contributed by atoms with Crippen LogP contribution in [0.4, 0.5) is 0 Å². The number of benzene rings is 1. The van der Waals surface area contributed by atoms with Crippen molar-refractivity contribution in [1.29, 1.82) is 5.26 Å². The first-order chi connectivity index (χ1) is 10.3. The number of imidazole rings is 1. The van der Waals surface area contributed by atoms with Gasteiger partial charge in [0.05, 0.1) is 34.5 Å². The summed E-state index contributed by atoms with van der Waals surface area (Å²) in [7, 11) is 0. The van der Waals surface area contributed by atoms with Crippen LogP contribution in [-0.2, 0) is 6.42 Å². The maximum Gasteiger partial charge on any atom is 0.144 e. The number of aryl methyl sites for hydroxylation is 1. The van der Waals surface area contributed by atoms with Crippen LogP contribution in [0.1, 0.15) is 37.1 Å². The number of rotatable bonds is 3. The molecule has 0 saturated heterocycles. The van der Waals surface area contributed by atoms with Gasteiger partial charge >= 0.3 is 0 Å². The SMILES string of the molecule is CCc1occc1-c1nc2cc(C#N)ccc2n1C1CC1. The van der Waals surface area contributed by atoms with Crippen LogP contribution in [0.25, 0.3) is 22.4 Å². The average molecular weight is 277 g/mol. The maximum absolute atomic E-state index is 9.06. The molecular formula is C17H15N3O. The smallest absolute Gasteiger partial charge is 0.144 e. The van der Waals surface area contributed by atoms with Crippen molar-refractivity contribution in [2.24, 2.45) is 0 Å². The fourth-order valence-corrected chi connectivity index (χ4v) is 2.87. The Morgan fingerprint density at radius 1 is 1.38 bits per heavy atom. The Balaban J connectivity index is 2.00. The lowest BCUT2D eigenvalue weighted by atomic mass is 10.2. The number of aromatic nitrogens is 2. The van der Waals surface area contributed by atoms with Gasteiger partial charge in [0.2, 0.25) is 0 Å². The third-order valence-electron chi connectivity index (χ3n) is 4.04. The van der Waals surface area contributed by atoms with E-state index in [4.69, 9.17) is 14.7 Å². The number of fused-ring (bicyclic) bond motifs is 1. The summed E-state index contributed by atoms with van der Waals surface area (Å²) >= 11 is 0. The predicted molar refractivity (Wildman–Crippen MR) is 79.8 cm³/mol. The number of hydrogen-bond acceptors (Lipinski definition) is 3. The second-order valence-electron chi connectivity index (χ2n) is 5.46. The molecule has 4 rings (SSSR count). The van der Waals surface area contributed by atoms with E-state index >= 15 is 0 Å². The molecule has 0 unspecified atom stereocenters. The lowest BCUT2D eigenvalue weighted by molar-refractivity contribution is 0.516. The minimum atomic E-state index is 0.526. The minimum absolute atomic E-state index is 0.526. The van der Waals surface area contributed by atoms with E-state index in [-0.39, 0.29) is 0 Å². The third kappa shape index (κ3) is 1.85. The molecule has 0 amide bonds. The molecule has 2 heterocycles. The van der Waals surface area contributed by atoms with Crippen molar-refractivity contribution < 1.29 is 4.42 Å². The summed E-state index contributed by atoms with van der Waals surface area (Å²) in [5.41, 5.74) is 3.71. The van der Waals surface area contributed by atoms with Gasteiger partial charge in [-0.2, -0.15) is 5.26 Å². The molecule has 1 aliphatic rings. The second-order valence-corrected chi connectivity index (χ2v) is 5.46. The summed E-state index contributed by atoms with van der Waals surface area (Å²) in [6.45, 7) is 2.08. The zero-order chi connectivity index (χ0) is 14.4. The maximum atomic E-state index is 9.06. The molecule has 3 aromatic rings. The summed E-state index contributed by atoms with van der Waals surface area (Å²) in [6.07, 6.45) is 4.96. The fraction of sp³-hybridized carbons (Fsp3) is 0.294. The summed E-state index contributed by atoms with van der Waals surface area (Å²) in [6, 6.07) is 10.4. The summed E-state index contributed by atoms with van der Waals surface area (Å²) in [5, 5.41) is 9.06. The van der Waals surface area contributed by atoms with Gasteiger partial charge in [0, 0.05) is 12.5 Å². The Hall–Kier alpha value is -2.54. The van der Waals surface area contributed by atoms with Crippen LogP contribution >= 0.6 is 0 Å². The molecular weight excluding hydrogens is 262 g/mol. The quantitative estimate of drug-likeness (QED) is 0.725. The van der Waals surface area contributed by atoms with E-state index in [1.54, 1.807) is 6.26 Å². The average Bonchev–Trinajstić information content (AvgIpc) is 3.12. The van der Waals surface area contributed by atoms with E-state index in [1.165, 1.54) is 12.8 Å². The summed E-state index contributed by atoms with van der Waals surface area (Å²) < 4.78 is 7.86. The molecule has 1 fully saturated rings. The van der Waals surface area contributed by atoms with Gasteiger partial charge in [-0.15, -0.1) is 0 Å². The molecule has 4 nitrogen and oxygen atoms in total. The van der Waals surface area contributed by atoms with Gasteiger partial charge in [0.15, 0.2) is 0 Å². The number of nitriles is 1. The summed E-state index contributed by atoms with van der Waals surface area (Å²) in [4.78, 5) is 4.79. The molecule has 0 N–H and O–H groups in total. The van der Waals surface area contributed by atoms with E-state index in [0.29, 0.717) is 11.6 Å². The predicted octanol–water partition coefficient (Wildman–Crippen LogP) is 4.07. The number of hydrogen-bond donors (Lipinski definition) is 0. The van der Waals surface area contributed by atoms with E-state index in [1.807, 2.05) is 24.3 Å². The molecule has 0 aliphatic heterocycles. The van der Waals surface area contributed by atoms with Crippen LogP contribution in [0.5, 0.6) is 0 Å². The molecule has 21 heavy (non-hydrogen) atoms. The zero-order valence-corrected chi connectivity index (χ0v) is 11.8. The van der Waals surface area contributed by atoms with Gasteiger partial charge in [-0.25, -0.2) is 4.98 Å². The Morgan fingerprint density at radius 3 is 2.95 bits per heavy atom. The van der Waals surface area contributed by atoms with Crippen LogP contribution in [0.3, 0.4) is 0 Å². The van der Waals surface area contributed by atoms with Crippen LogP contribution in [0, 0.1) is 11.3 Å². The highest BCUT2D eigenvalue weighted by atomic mass is 16.3. The van der Waals surface area contributed by atoms with Gasteiger partial charge in [-0.3, -0.25) is 0 Å². The molecule has 0 spiro atoms. The van der Waals surface area contributed by atoms with Crippen molar-refractivity contribution in [3.05, 3.63) is 41.9 Å². The second kappa shape index (κ2) is 4.49. The van der Waals surface area contributed by atoms with Gasteiger partial charge in [-0.05, 0) is 37.1 Å². The van der Waals surface area contributed by atoms with Crippen molar-refractivity contribution in [3.8, 4) is 17.5 Å². The van der Waals surface area contributed by atoms with E-state index < -0.39 is 0 Å². The molecule has 4 heteroatoms. The highest BCUT2D eigenvalue weighted by molar-refractivity contribution is 5.82. The lowest BCUT2D eigenvalue weighted by Crippen LogP contribution is -1.98. The monoisotopic (exact) mass is 277 g/mol. The first-order valence-electron chi connectivity index (χ1n) is 7.30. The molecule has 0 atom stereocenters. The minimum Gasteiger partial charge on any atom is -0.469 e. The fourth-order valence-electron chi connectivity index (χ4n) is 2.87. The normalized spacial score (nSPS) is 14.5. The topological polar surface area (TPSA) is 54.8 Å². The lowest BCUT2D eigenvalue weighted by Gasteiger charge is -2.07. The molecule has 1 aromatic carbocycles. The molecule has 104 valence electrons. The van der Waals surface area contributed by atoms with Crippen molar-refractivity contribution in [1.82, 2.24) is 9.55 Å². The Kier molecular flexibility index (Phi) is 2.61. The Labute approximate surface area is 122 Å². The number of furan rings is 1. The van der Waals surface area contributed by atoms with Crippen molar-refractivity contribution >= 4 is 11.0 Å². The van der Waals surface area contributed by atoms with Crippen molar-refractivity contribution in [2.75, 3.05) is 0 Å². The van der Waals surface area contributed by atoms with Gasteiger partial charge in [-0.1, -0.05) is 6.92 Å². The zero-order valence-electron chi connectivity index (χ0n) is 11.8. The van der Waals surface area contributed by atoms with Crippen molar-refractivity contribution in [2.45, 2.75) is 32.2 Å². The first-order valence-corrected chi connectivity index (χ1v) is 7.30. The standard InChI is InChI=1S/C17H15N3O/c1-2-16-13(7-8-21-16)17-19-14-9-11(10-18)3-6-15(14)20(17)12-4-5-12/h3,6-9,12H,2,4-5H2,1H3. The van der Waals surface area contributed by atoms with E-state index in [0.717, 1.165) is 34.6 Å². The molecule has 0 radical (unpaired) electrons. The van der Waals surface area contributed by atoms with Crippen LogP contribution in [-0.4, -0.2) is 9.55 Å². The third-order valence-corrected chi connectivity index (χ3v) is 4.04. The molecule has 0 bridgehead atoms. The van der Waals surface area contributed by atoms with E-state index in [2.05, 4.69) is 17.6 Å². The van der Waals surface area contributed by atoms with Gasteiger partial charge < -0.3 is 8.98 Å². The van der Waals surface area contributed by atoms with Gasteiger partial charge in [0.25, 0.3) is 0 Å². The van der Waals surface area contributed by atoms with Crippen LogP contribution < -0.4 is 0 Å². The molecule has 1 saturated carbocycles. The van der Waals surface area contributed by atoms with Gasteiger partial charge in [0.1, 0.15) is 11.6 Å². The Morgan fingerprint density at radius 2 is 2.24 bits per heavy atom. The van der Waals surface area contributed by atoms with Crippen LogP contribution in [0.15, 0.2) is 34.9 Å². The highest BCUT2D eigenvalue weighted by Gasteiger charge is 2.29. The largest absolute Gasteiger partial charge is 0.469 e. The van der Waals surface area contributed by atoms with Crippen LogP contribution in [0.2, 0.25) is 0 Å². The molecule has 2 aromatic heterocycles. The van der Waals surface area contributed by atoms with E-state index in [9.17, 15) is 0 Å². The highest BCUT2D eigenvalue weighted by Crippen LogP contribution is 2.42. The number of nitrogens with zero attached hydrogens (tertiary/aromatic N) is 3. The Bertz CT molecular complexity index is 862. The van der Waals surface area contributed by atoms with Crippen molar-refractivity contribution in [3.63, 3.8) is 0 Å². The summed E-state index contributed by atoms with van der Waals surface area (Å²) in [5.74, 6) is 1.93. The first kappa shape index (κ1) is 12.2.